The van der Waals surface area contributed by atoms with Gasteiger partial charge in [-0.05, 0) is 38.5 Å². The fourth-order valence-electron chi connectivity index (χ4n) is 3.03. The Kier molecular flexibility index (Phi) is 5.74. The van der Waals surface area contributed by atoms with E-state index in [1.807, 2.05) is 63.2 Å². The largest absolute Gasteiger partial charge is 0.464 e. The average molecular weight is 367 g/mol. The summed E-state index contributed by atoms with van der Waals surface area (Å²) in [6, 6.07) is 13.4. The second-order valence-corrected chi connectivity index (χ2v) is 7.02. The van der Waals surface area contributed by atoms with Crippen LogP contribution in [0.3, 0.4) is 0 Å². The normalized spacial score (nSPS) is 14.4. The third-order valence-corrected chi connectivity index (χ3v) is 4.53. The van der Waals surface area contributed by atoms with Gasteiger partial charge in [0.05, 0.1) is 13.1 Å². The summed E-state index contributed by atoms with van der Waals surface area (Å²) in [6.07, 6.45) is 0.659. The number of hydrazone groups is 1. The molecule has 0 atom stereocenters. The lowest BCUT2D eigenvalue weighted by molar-refractivity contribution is -0.133. The first-order chi connectivity index (χ1) is 12.9. The van der Waals surface area contributed by atoms with Gasteiger partial charge in [-0.15, -0.1) is 0 Å². The molecule has 1 aromatic heterocycles. The number of rotatable bonds is 6. The van der Waals surface area contributed by atoms with Gasteiger partial charge in [-0.2, -0.15) is 5.10 Å². The molecule has 0 aliphatic carbocycles. The predicted molar refractivity (Wildman–Crippen MR) is 103 cm³/mol. The molecule has 2 heterocycles. The van der Waals surface area contributed by atoms with Crippen molar-refractivity contribution in [2.45, 2.75) is 52.7 Å². The molecule has 3 rings (SSSR count). The summed E-state index contributed by atoms with van der Waals surface area (Å²) >= 11 is 0. The number of benzene rings is 1. The standard InChI is InChI=1S/C21H25N3O3/c1-15(2)23(14-18-10-9-16(3)27-18)21(26)19-11-12-20(25)24(22-19)13-17-7-5-4-6-8-17/h4-10,15H,11-14H2,1-3H3. The highest BCUT2D eigenvalue weighted by Crippen LogP contribution is 2.18. The Balaban J connectivity index is 1.78. The molecule has 6 nitrogen and oxygen atoms in total. The smallest absolute Gasteiger partial charge is 0.270 e. The second kappa shape index (κ2) is 8.20. The van der Waals surface area contributed by atoms with Gasteiger partial charge in [-0.1, -0.05) is 30.3 Å². The van der Waals surface area contributed by atoms with Crippen molar-refractivity contribution in [3.05, 3.63) is 59.5 Å². The van der Waals surface area contributed by atoms with Crippen LogP contribution in [0, 0.1) is 6.92 Å². The van der Waals surface area contributed by atoms with Crippen LogP contribution < -0.4 is 0 Å². The number of furan rings is 1. The minimum atomic E-state index is -0.149. The second-order valence-electron chi connectivity index (χ2n) is 7.02. The van der Waals surface area contributed by atoms with Crippen LogP contribution in [0.5, 0.6) is 0 Å². The molecule has 0 N–H and O–H groups in total. The van der Waals surface area contributed by atoms with Gasteiger partial charge in [-0.25, -0.2) is 5.01 Å². The van der Waals surface area contributed by atoms with Crippen LogP contribution in [-0.4, -0.2) is 33.5 Å². The molecular weight excluding hydrogens is 342 g/mol. The number of carbonyl (C=O) groups excluding carboxylic acids is 2. The average Bonchev–Trinajstić information content (AvgIpc) is 3.06. The van der Waals surface area contributed by atoms with Gasteiger partial charge >= 0.3 is 0 Å². The third kappa shape index (κ3) is 4.64. The molecule has 2 aromatic rings. The first-order valence-electron chi connectivity index (χ1n) is 9.22. The van der Waals surface area contributed by atoms with E-state index in [1.54, 1.807) is 4.90 Å². The molecular formula is C21H25N3O3. The molecule has 1 aliphatic rings. The number of carbonyl (C=O) groups is 2. The van der Waals surface area contributed by atoms with Gasteiger partial charge in [0.15, 0.2) is 0 Å². The lowest BCUT2D eigenvalue weighted by atomic mass is 10.1. The highest BCUT2D eigenvalue weighted by Gasteiger charge is 2.29. The molecule has 1 aliphatic heterocycles. The molecule has 1 aromatic carbocycles. The van der Waals surface area contributed by atoms with Crippen molar-refractivity contribution >= 4 is 17.5 Å². The van der Waals surface area contributed by atoms with Crippen molar-refractivity contribution in [1.82, 2.24) is 9.91 Å². The SMILES string of the molecule is Cc1ccc(CN(C(=O)C2=NN(Cc3ccccc3)C(=O)CC2)C(C)C)o1. The third-order valence-electron chi connectivity index (χ3n) is 4.53. The van der Waals surface area contributed by atoms with E-state index in [4.69, 9.17) is 4.42 Å². The zero-order valence-corrected chi connectivity index (χ0v) is 16.0. The fourth-order valence-corrected chi connectivity index (χ4v) is 3.03. The van der Waals surface area contributed by atoms with Gasteiger partial charge < -0.3 is 9.32 Å². The topological polar surface area (TPSA) is 66.1 Å². The Morgan fingerprint density at radius 3 is 2.56 bits per heavy atom. The first-order valence-corrected chi connectivity index (χ1v) is 9.22. The number of nitrogens with zero attached hydrogens (tertiary/aromatic N) is 3. The lowest BCUT2D eigenvalue weighted by Gasteiger charge is -2.29. The fraction of sp³-hybridized carbons (Fsp3) is 0.381. The molecule has 0 saturated carbocycles. The van der Waals surface area contributed by atoms with Crippen LogP contribution in [0.1, 0.15) is 43.8 Å². The Morgan fingerprint density at radius 1 is 1.19 bits per heavy atom. The predicted octanol–water partition coefficient (Wildman–Crippen LogP) is 3.50. The van der Waals surface area contributed by atoms with Crippen molar-refractivity contribution in [3.63, 3.8) is 0 Å². The van der Waals surface area contributed by atoms with Crippen molar-refractivity contribution in [2.75, 3.05) is 0 Å². The van der Waals surface area contributed by atoms with Crippen LogP contribution in [-0.2, 0) is 22.7 Å². The summed E-state index contributed by atoms with van der Waals surface area (Å²) < 4.78 is 5.62. The molecule has 0 unspecified atom stereocenters. The highest BCUT2D eigenvalue weighted by molar-refractivity contribution is 6.39. The van der Waals surface area contributed by atoms with Crippen LogP contribution >= 0.6 is 0 Å². The van der Waals surface area contributed by atoms with Gasteiger partial charge in [0.1, 0.15) is 17.2 Å². The summed E-state index contributed by atoms with van der Waals surface area (Å²) in [6.45, 7) is 6.56. The summed E-state index contributed by atoms with van der Waals surface area (Å²) in [5, 5.41) is 5.79. The van der Waals surface area contributed by atoms with E-state index < -0.39 is 0 Å². The number of hydrogen-bond acceptors (Lipinski definition) is 4. The number of hydrogen-bond donors (Lipinski definition) is 0. The van der Waals surface area contributed by atoms with Crippen molar-refractivity contribution < 1.29 is 14.0 Å². The van der Waals surface area contributed by atoms with E-state index in [2.05, 4.69) is 5.10 Å². The van der Waals surface area contributed by atoms with Gasteiger partial charge in [0, 0.05) is 18.9 Å². The molecule has 2 amide bonds. The van der Waals surface area contributed by atoms with Crippen molar-refractivity contribution in [3.8, 4) is 0 Å². The molecule has 0 bridgehead atoms. The Morgan fingerprint density at radius 2 is 1.93 bits per heavy atom. The maximum Gasteiger partial charge on any atom is 0.270 e. The van der Waals surface area contributed by atoms with Crippen molar-refractivity contribution in [1.29, 1.82) is 0 Å². The van der Waals surface area contributed by atoms with E-state index in [1.165, 1.54) is 5.01 Å². The van der Waals surface area contributed by atoms with Gasteiger partial charge in [0.2, 0.25) is 5.91 Å². The first kappa shape index (κ1) is 18.9. The molecule has 0 saturated heterocycles. The van der Waals surface area contributed by atoms with Crippen molar-refractivity contribution in [2.24, 2.45) is 5.10 Å². The summed E-state index contributed by atoms with van der Waals surface area (Å²) in [5.41, 5.74) is 1.40. The molecule has 27 heavy (non-hydrogen) atoms. The van der Waals surface area contributed by atoms with Crippen LogP contribution in [0.25, 0.3) is 0 Å². The summed E-state index contributed by atoms with van der Waals surface area (Å²) in [5.74, 6) is 1.34. The van der Waals surface area contributed by atoms with E-state index in [0.29, 0.717) is 31.6 Å². The van der Waals surface area contributed by atoms with Crippen LogP contribution in [0.2, 0.25) is 0 Å². The Labute approximate surface area is 159 Å². The minimum Gasteiger partial charge on any atom is -0.464 e. The molecule has 0 radical (unpaired) electrons. The number of aryl methyl sites for hydroxylation is 1. The van der Waals surface area contributed by atoms with E-state index in [9.17, 15) is 9.59 Å². The van der Waals surface area contributed by atoms with Gasteiger partial charge in [0.25, 0.3) is 5.91 Å². The zero-order valence-electron chi connectivity index (χ0n) is 16.0. The van der Waals surface area contributed by atoms with Gasteiger partial charge in [-0.3, -0.25) is 9.59 Å². The molecule has 6 heteroatoms. The monoisotopic (exact) mass is 367 g/mol. The maximum atomic E-state index is 13.1. The molecule has 0 spiro atoms. The lowest BCUT2D eigenvalue weighted by Crippen LogP contribution is -2.44. The zero-order chi connectivity index (χ0) is 19.4. The Hall–Kier alpha value is -2.89. The minimum absolute atomic E-state index is 0.00851. The maximum absolute atomic E-state index is 13.1. The highest BCUT2D eigenvalue weighted by atomic mass is 16.3. The van der Waals surface area contributed by atoms with E-state index in [-0.39, 0.29) is 17.9 Å². The quantitative estimate of drug-likeness (QED) is 0.785. The molecule has 0 fully saturated rings. The van der Waals surface area contributed by atoms with E-state index in [0.717, 1.165) is 17.1 Å². The summed E-state index contributed by atoms with van der Waals surface area (Å²) in [7, 11) is 0. The van der Waals surface area contributed by atoms with Crippen LogP contribution in [0.4, 0.5) is 0 Å². The Bertz CT molecular complexity index is 839. The molecule has 142 valence electrons. The van der Waals surface area contributed by atoms with Crippen LogP contribution in [0.15, 0.2) is 52.0 Å². The number of amides is 2. The van der Waals surface area contributed by atoms with E-state index >= 15 is 0 Å². The summed E-state index contributed by atoms with van der Waals surface area (Å²) in [4.78, 5) is 27.0.